The first-order chi connectivity index (χ1) is 18.2. The fourth-order valence-corrected chi connectivity index (χ4v) is 4.69. The van der Waals surface area contributed by atoms with Crippen LogP contribution in [0.2, 0.25) is 0 Å². The number of nitrogens with one attached hydrogen (secondary N) is 1. The lowest BCUT2D eigenvalue weighted by molar-refractivity contribution is -0.132. The standard InChI is InChI=1S/C27H32FN8O2/c1-16(2)11-23(37)36-9-7-35(8-10-36)14-21-24(17(3)33-27-20(13-29)26(30)31-15-32-27)34-22-6-5-18(28)12-19(22)25(21)38-4/h5-6,12,15,17H,7-11,14H2,1-4H3,(H3,30,31,32,33). The van der Waals surface area contributed by atoms with E-state index in [1.807, 2.05) is 31.7 Å². The van der Waals surface area contributed by atoms with Crippen molar-refractivity contribution in [1.82, 2.24) is 24.8 Å². The molecule has 10 nitrogen and oxygen atoms in total. The van der Waals surface area contributed by atoms with Crippen molar-refractivity contribution < 1.29 is 13.9 Å². The monoisotopic (exact) mass is 519 g/mol. The number of hydrogen-bond acceptors (Lipinski definition) is 9. The number of rotatable bonds is 8. The summed E-state index contributed by atoms with van der Waals surface area (Å²) in [7, 11) is 1.56. The molecule has 3 N–H and O–H groups in total. The molecule has 199 valence electrons. The van der Waals surface area contributed by atoms with Gasteiger partial charge in [-0.1, -0.05) is 13.8 Å². The first kappa shape index (κ1) is 27.0. The average Bonchev–Trinajstić information content (AvgIpc) is 2.88. The van der Waals surface area contributed by atoms with Crippen LogP contribution in [-0.2, 0) is 11.3 Å². The Labute approximate surface area is 221 Å². The van der Waals surface area contributed by atoms with Crippen LogP contribution in [0.4, 0.5) is 16.0 Å². The maximum atomic E-state index is 14.2. The van der Waals surface area contributed by atoms with Crippen molar-refractivity contribution in [2.24, 2.45) is 0 Å². The predicted molar refractivity (Wildman–Crippen MR) is 143 cm³/mol. The number of nitrogens with zero attached hydrogens (tertiary/aromatic N) is 6. The number of pyridine rings is 1. The molecule has 0 saturated carbocycles. The van der Waals surface area contributed by atoms with Crippen LogP contribution in [0.5, 0.6) is 5.75 Å². The molecule has 3 aromatic rings. The van der Waals surface area contributed by atoms with Crippen molar-refractivity contribution >= 4 is 28.4 Å². The number of nitrogen functional groups attached to an aromatic ring is 1. The van der Waals surface area contributed by atoms with E-state index >= 15 is 0 Å². The summed E-state index contributed by atoms with van der Waals surface area (Å²) in [5.41, 5.74) is 8.08. The molecule has 1 unspecified atom stereocenters. The second-order valence-electron chi connectivity index (χ2n) is 9.67. The SMILES string of the molecule is COc1c(CN2CCN(C(=O)C[C](C)C)CC2)c(C(C)Nc2ncnc(N)c2C#N)nc2ccc(F)cc12. The third-order valence-corrected chi connectivity index (χ3v) is 6.59. The molecule has 1 aliphatic heterocycles. The van der Waals surface area contributed by atoms with Crippen LogP contribution in [0.1, 0.15) is 50.1 Å². The van der Waals surface area contributed by atoms with E-state index < -0.39 is 6.04 Å². The minimum atomic E-state index is -0.402. The van der Waals surface area contributed by atoms with E-state index in [9.17, 15) is 14.4 Å². The number of benzene rings is 1. The number of halogens is 1. The van der Waals surface area contributed by atoms with Crippen molar-refractivity contribution in [2.75, 3.05) is 44.3 Å². The largest absolute Gasteiger partial charge is 0.496 e. The van der Waals surface area contributed by atoms with Gasteiger partial charge in [-0.2, -0.15) is 5.26 Å². The zero-order chi connectivity index (χ0) is 27.4. The molecule has 1 aliphatic rings. The summed E-state index contributed by atoms with van der Waals surface area (Å²) < 4.78 is 20.1. The molecule has 3 heterocycles. The van der Waals surface area contributed by atoms with Crippen LogP contribution in [0.25, 0.3) is 10.9 Å². The molecule has 0 bridgehead atoms. The number of nitriles is 1. The lowest BCUT2D eigenvalue weighted by Crippen LogP contribution is -2.48. The van der Waals surface area contributed by atoms with Gasteiger partial charge in [0, 0.05) is 50.1 Å². The van der Waals surface area contributed by atoms with E-state index in [2.05, 4.69) is 20.2 Å². The fraction of sp³-hybridized carbons (Fsp3) is 0.407. The summed E-state index contributed by atoms with van der Waals surface area (Å²) in [6.07, 6.45) is 1.75. The molecule has 1 amide bonds. The smallest absolute Gasteiger partial charge is 0.223 e. The van der Waals surface area contributed by atoms with E-state index in [1.54, 1.807) is 13.2 Å². The average molecular weight is 520 g/mol. The highest BCUT2D eigenvalue weighted by Gasteiger charge is 2.27. The van der Waals surface area contributed by atoms with Gasteiger partial charge in [0.05, 0.1) is 24.4 Å². The van der Waals surface area contributed by atoms with Crippen molar-refractivity contribution in [2.45, 2.75) is 39.8 Å². The number of ether oxygens (including phenoxy) is 1. The van der Waals surface area contributed by atoms with Crippen molar-refractivity contribution in [3.63, 3.8) is 0 Å². The zero-order valence-electron chi connectivity index (χ0n) is 22.1. The summed E-state index contributed by atoms with van der Waals surface area (Å²) in [5, 5.41) is 13.4. The molecular formula is C27H32FN8O2. The number of methoxy groups -OCH3 is 1. The van der Waals surface area contributed by atoms with E-state index in [1.165, 1.54) is 18.5 Å². The Morgan fingerprint density at radius 3 is 2.66 bits per heavy atom. The van der Waals surface area contributed by atoms with Gasteiger partial charge in [0.25, 0.3) is 0 Å². The van der Waals surface area contributed by atoms with Gasteiger partial charge < -0.3 is 20.7 Å². The van der Waals surface area contributed by atoms with Gasteiger partial charge in [-0.3, -0.25) is 14.7 Å². The topological polar surface area (TPSA) is 133 Å². The Hall–Kier alpha value is -4.04. The molecule has 1 fully saturated rings. The Morgan fingerprint density at radius 1 is 1.26 bits per heavy atom. The van der Waals surface area contributed by atoms with E-state index in [4.69, 9.17) is 15.5 Å². The Kier molecular flexibility index (Phi) is 8.22. The molecule has 1 saturated heterocycles. The molecule has 0 aliphatic carbocycles. The van der Waals surface area contributed by atoms with Crippen molar-refractivity contribution in [3.05, 3.63) is 53.1 Å². The number of fused-ring (bicyclic) bond motifs is 1. The number of nitrogens with two attached hydrogens (primary N) is 1. The van der Waals surface area contributed by atoms with Gasteiger partial charge in [0.1, 0.15) is 41.2 Å². The predicted octanol–water partition coefficient (Wildman–Crippen LogP) is 3.45. The number of carbonyl (C=O) groups excluding carboxylic acids is 1. The summed E-state index contributed by atoms with van der Waals surface area (Å²) in [5.74, 6) is 1.77. The number of hydrogen-bond donors (Lipinski definition) is 2. The number of carbonyl (C=O) groups is 1. The van der Waals surface area contributed by atoms with Crippen LogP contribution in [-0.4, -0.2) is 63.9 Å². The maximum absolute atomic E-state index is 14.2. The molecule has 1 radical (unpaired) electrons. The molecule has 1 atom stereocenters. The quantitative estimate of drug-likeness (QED) is 0.459. The minimum Gasteiger partial charge on any atom is -0.496 e. The number of amides is 1. The van der Waals surface area contributed by atoms with Crippen LogP contribution in [0.3, 0.4) is 0 Å². The van der Waals surface area contributed by atoms with Crippen molar-refractivity contribution in [1.29, 1.82) is 5.26 Å². The molecular weight excluding hydrogens is 487 g/mol. The molecule has 4 rings (SSSR count). The van der Waals surface area contributed by atoms with Gasteiger partial charge in [0.15, 0.2) is 0 Å². The maximum Gasteiger partial charge on any atom is 0.223 e. The van der Waals surface area contributed by atoms with Gasteiger partial charge in [0.2, 0.25) is 5.91 Å². The second kappa shape index (κ2) is 11.6. The minimum absolute atomic E-state index is 0.0836. The third kappa shape index (κ3) is 5.75. The summed E-state index contributed by atoms with van der Waals surface area (Å²) in [4.78, 5) is 29.6. The van der Waals surface area contributed by atoms with Gasteiger partial charge >= 0.3 is 0 Å². The number of anilines is 2. The van der Waals surface area contributed by atoms with Gasteiger partial charge in [-0.15, -0.1) is 0 Å². The second-order valence-corrected chi connectivity index (χ2v) is 9.67. The highest BCUT2D eigenvalue weighted by molar-refractivity contribution is 5.87. The van der Waals surface area contributed by atoms with Gasteiger partial charge in [-0.05, 0) is 31.0 Å². The Morgan fingerprint density at radius 2 is 2.00 bits per heavy atom. The number of aromatic nitrogens is 3. The van der Waals surface area contributed by atoms with Crippen LogP contribution in [0, 0.1) is 23.1 Å². The van der Waals surface area contributed by atoms with Crippen LogP contribution in [0.15, 0.2) is 24.5 Å². The Bertz CT molecular complexity index is 1370. The zero-order valence-corrected chi connectivity index (χ0v) is 22.1. The first-order valence-electron chi connectivity index (χ1n) is 12.4. The summed E-state index contributed by atoms with van der Waals surface area (Å²) in [6, 6.07) is 6.04. The first-order valence-corrected chi connectivity index (χ1v) is 12.4. The molecule has 11 heteroatoms. The van der Waals surface area contributed by atoms with Crippen molar-refractivity contribution in [3.8, 4) is 11.8 Å². The van der Waals surface area contributed by atoms with E-state index in [-0.39, 0.29) is 23.1 Å². The van der Waals surface area contributed by atoms with E-state index in [0.717, 1.165) is 11.5 Å². The lowest BCUT2D eigenvalue weighted by Gasteiger charge is -2.36. The highest BCUT2D eigenvalue weighted by Crippen LogP contribution is 2.36. The fourth-order valence-electron chi connectivity index (χ4n) is 4.69. The highest BCUT2D eigenvalue weighted by atomic mass is 19.1. The number of piperazine rings is 1. The summed E-state index contributed by atoms with van der Waals surface area (Å²) >= 11 is 0. The molecule has 2 aromatic heterocycles. The molecule has 0 spiro atoms. The lowest BCUT2D eigenvalue weighted by atomic mass is 10.0. The summed E-state index contributed by atoms with van der Waals surface area (Å²) in [6.45, 7) is 8.92. The van der Waals surface area contributed by atoms with E-state index in [0.29, 0.717) is 67.3 Å². The van der Waals surface area contributed by atoms with Crippen LogP contribution < -0.4 is 15.8 Å². The normalized spacial score (nSPS) is 14.9. The molecule has 1 aromatic carbocycles. The van der Waals surface area contributed by atoms with Gasteiger partial charge in [-0.25, -0.2) is 14.4 Å². The third-order valence-electron chi connectivity index (χ3n) is 6.59. The Balaban J connectivity index is 1.68. The van der Waals surface area contributed by atoms with Crippen LogP contribution >= 0.6 is 0 Å². The molecule has 38 heavy (non-hydrogen) atoms.